The molecule has 0 aliphatic carbocycles. The lowest BCUT2D eigenvalue weighted by Crippen LogP contribution is -2.30. The van der Waals surface area contributed by atoms with Crippen LogP contribution in [-0.4, -0.2) is 37.2 Å². The molecule has 0 heterocycles. The quantitative estimate of drug-likeness (QED) is 0.0261. The summed E-state index contributed by atoms with van der Waals surface area (Å²) < 4.78 is 16.8. The number of esters is 3. The van der Waals surface area contributed by atoms with Crippen LogP contribution >= 0.6 is 0 Å². The van der Waals surface area contributed by atoms with Crippen LogP contribution in [0.5, 0.6) is 0 Å². The van der Waals surface area contributed by atoms with Crippen molar-refractivity contribution in [2.45, 2.75) is 297 Å². The molecule has 1 atom stereocenters. The van der Waals surface area contributed by atoms with Crippen LogP contribution in [-0.2, 0) is 28.6 Å². The van der Waals surface area contributed by atoms with Crippen LogP contribution in [0.2, 0.25) is 0 Å². The zero-order valence-electron chi connectivity index (χ0n) is 52.5. The highest BCUT2D eigenvalue weighted by Crippen LogP contribution is 2.15. The van der Waals surface area contributed by atoms with Crippen molar-refractivity contribution < 1.29 is 28.6 Å². The molecule has 0 amide bonds. The first kappa shape index (κ1) is 76.3. The number of carbonyl (C=O) groups is 3. The fraction of sp³-hybridized carbons (Fsp3) is 0.640. The van der Waals surface area contributed by atoms with E-state index in [0.29, 0.717) is 12.8 Å². The van der Waals surface area contributed by atoms with Crippen LogP contribution < -0.4 is 0 Å². The van der Waals surface area contributed by atoms with E-state index >= 15 is 0 Å². The molecule has 0 fully saturated rings. The molecule has 0 aliphatic rings. The van der Waals surface area contributed by atoms with Crippen LogP contribution in [0.4, 0.5) is 0 Å². The van der Waals surface area contributed by atoms with Gasteiger partial charge in [-0.1, -0.05) is 295 Å². The van der Waals surface area contributed by atoms with Crippen molar-refractivity contribution in [1.29, 1.82) is 0 Å². The Kier molecular flexibility index (Phi) is 63.9. The molecule has 81 heavy (non-hydrogen) atoms. The van der Waals surface area contributed by atoms with Crippen molar-refractivity contribution in [3.05, 3.63) is 146 Å². The lowest BCUT2D eigenvalue weighted by Gasteiger charge is -2.18. The second-order valence-corrected chi connectivity index (χ2v) is 21.6. The Morgan fingerprint density at radius 2 is 0.531 bits per heavy atom. The number of hydrogen-bond acceptors (Lipinski definition) is 6. The average Bonchev–Trinajstić information content (AvgIpc) is 3.47. The van der Waals surface area contributed by atoms with E-state index in [4.69, 9.17) is 14.2 Å². The Labute approximate surface area is 499 Å². The van der Waals surface area contributed by atoms with Crippen molar-refractivity contribution in [3.63, 3.8) is 0 Å². The van der Waals surface area contributed by atoms with Crippen molar-refractivity contribution in [2.24, 2.45) is 0 Å². The first-order valence-corrected chi connectivity index (χ1v) is 33.3. The van der Waals surface area contributed by atoms with E-state index in [1.807, 2.05) is 6.08 Å². The molecule has 1 unspecified atom stereocenters. The Bertz CT molecular complexity index is 1760. The highest BCUT2D eigenvalue weighted by atomic mass is 16.6. The van der Waals surface area contributed by atoms with E-state index in [1.54, 1.807) is 6.08 Å². The smallest absolute Gasteiger partial charge is 0.309 e. The Hall–Kier alpha value is -4.71. The van der Waals surface area contributed by atoms with E-state index < -0.39 is 12.1 Å². The molecule has 0 aromatic carbocycles. The van der Waals surface area contributed by atoms with Crippen molar-refractivity contribution in [1.82, 2.24) is 0 Å². The minimum Gasteiger partial charge on any atom is -0.462 e. The lowest BCUT2D eigenvalue weighted by atomic mass is 10.1. The molecule has 6 heteroatoms. The van der Waals surface area contributed by atoms with Gasteiger partial charge in [-0.25, -0.2) is 0 Å². The van der Waals surface area contributed by atoms with E-state index in [-0.39, 0.29) is 31.6 Å². The van der Waals surface area contributed by atoms with E-state index in [2.05, 4.69) is 154 Å². The normalized spacial score (nSPS) is 13.1. The molecule has 0 radical (unpaired) electrons. The van der Waals surface area contributed by atoms with Gasteiger partial charge >= 0.3 is 17.9 Å². The lowest BCUT2D eigenvalue weighted by molar-refractivity contribution is -0.166. The molecule has 458 valence electrons. The van der Waals surface area contributed by atoms with E-state index in [1.165, 1.54) is 135 Å². The maximum absolute atomic E-state index is 12.9. The largest absolute Gasteiger partial charge is 0.462 e. The van der Waals surface area contributed by atoms with Crippen molar-refractivity contribution >= 4 is 17.9 Å². The maximum atomic E-state index is 12.9. The fourth-order valence-electron chi connectivity index (χ4n) is 8.93. The highest BCUT2D eigenvalue weighted by Gasteiger charge is 2.19. The van der Waals surface area contributed by atoms with E-state index in [9.17, 15) is 14.4 Å². The summed E-state index contributed by atoms with van der Waals surface area (Å²) in [6.45, 7) is 6.33. The molecular weight excluding hydrogens is 997 g/mol. The molecule has 0 saturated carbocycles. The first-order chi connectivity index (χ1) is 40.0. The van der Waals surface area contributed by atoms with Gasteiger partial charge in [0, 0.05) is 12.8 Å². The van der Waals surface area contributed by atoms with Gasteiger partial charge in [-0.3, -0.25) is 14.4 Å². The third kappa shape index (κ3) is 66.0. The number of unbranched alkanes of at least 4 members (excludes halogenated alkanes) is 25. The van der Waals surface area contributed by atoms with Crippen molar-refractivity contribution in [3.8, 4) is 0 Å². The second-order valence-electron chi connectivity index (χ2n) is 21.6. The first-order valence-electron chi connectivity index (χ1n) is 33.3. The zero-order valence-corrected chi connectivity index (χ0v) is 52.5. The molecule has 0 spiro atoms. The molecular formula is C75H122O6. The summed E-state index contributed by atoms with van der Waals surface area (Å²) in [5.41, 5.74) is 0. The Balaban J connectivity index is 4.44. The molecule has 0 aromatic heterocycles. The van der Waals surface area contributed by atoms with Gasteiger partial charge in [-0.2, -0.15) is 0 Å². The number of rotatable bonds is 59. The topological polar surface area (TPSA) is 78.9 Å². The minimum atomic E-state index is -0.830. The van der Waals surface area contributed by atoms with Gasteiger partial charge in [-0.05, 0) is 122 Å². The summed E-state index contributed by atoms with van der Waals surface area (Å²) >= 11 is 0. The van der Waals surface area contributed by atoms with Gasteiger partial charge in [-0.15, -0.1) is 0 Å². The van der Waals surface area contributed by atoms with Crippen LogP contribution in [0.1, 0.15) is 290 Å². The molecule has 0 aliphatic heterocycles. The average molecular weight is 1120 g/mol. The summed E-state index contributed by atoms with van der Waals surface area (Å²) in [5, 5.41) is 0. The third-order valence-corrected chi connectivity index (χ3v) is 13.8. The number of ether oxygens (including phenoxy) is 3. The van der Waals surface area contributed by atoms with Gasteiger partial charge in [0.05, 0.1) is 6.42 Å². The zero-order chi connectivity index (χ0) is 58.5. The fourth-order valence-corrected chi connectivity index (χ4v) is 8.93. The number of hydrogen-bond donors (Lipinski definition) is 0. The van der Waals surface area contributed by atoms with Gasteiger partial charge < -0.3 is 14.2 Å². The summed E-state index contributed by atoms with van der Waals surface area (Å²) in [6.07, 6.45) is 97.4. The van der Waals surface area contributed by atoms with Gasteiger partial charge in [0.2, 0.25) is 0 Å². The van der Waals surface area contributed by atoms with Gasteiger partial charge in [0.25, 0.3) is 0 Å². The highest BCUT2D eigenvalue weighted by molar-refractivity contribution is 5.72. The minimum absolute atomic E-state index is 0.117. The summed E-state index contributed by atoms with van der Waals surface area (Å²) in [7, 11) is 0. The monoisotopic (exact) mass is 1120 g/mol. The summed E-state index contributed by atoms with van der Waals surface area (Å²) in [5.74, 6) is -1.06. The standard InChI is InChI=1S/C75H122O6/c1-4-7-10-13-16-19-22-25-28-30-32-34-35-36-37-38-39-41-42-44-47-50-53-56-59-62-65-68-74(77)80-71-72(70-79-73(76)67-64-61-58-55-52-49-46-27-24-21-18-15-12-9-6-3)81-75(78)69-66-63-60-57-54-51-48-45-43-40-33-31-29-26-23-20-17-14-11-8-5-2/h7,9-10,12,16,18-19,21,25,27-28,31-34,36-37,39,41,46,52,55,61,64,72H,4-6,8,11,13-15,17,20,22-24,26,29-30,35,38,40,42-45,47-51,53-54,56-60,62-63,65-71H2,1-3H3/b10-7-,12-9-,19-16-,21-18-,28-25-,33-31-,34-32-,37-36-,41-39-,46-27-,55-52-,64-61-. The summed E-state index contributed by atoms with van der Waals surface area (Å²) in [6, 6.07) is 0. The SMILES string of the molecule is CC/C=C\C/C=C\C/C=C\C/C=C\C/C=C\C/C=C\CCCCCCCCCCC(=O)OCC(COC(=O)C/C=C\C/C=C\C/C=C\C/C=C\C/C=C\CC)OC(=O)CCCCCCCCCCC/C=C\CCCCCCCCCC. The molecule has 0 N–H and O–H groups in total. The molecule has 0 rings (SSSR count). The predicted molar refractivity (Wildman–Crippen MR) is 352 cm³/mol. The van der Waals surface area contributed by atoms with Crippen LogP contribution in [0.15, 0.2) is 146 Å². The predicted octanol–water partition coefficient (Wildman–Crippen LogP) is 23.1. The van der Waals surface area contributed by atoms with Crippen LogP contribution in [0.3, 0.4) is 0 Å². The van der Waals surface area contributed by atoms with Crippen LogP contribution in [0, 0.1) is 0 Å². The van der Waals surface area contributed by atoms with Gasteiger partial charge in [0.1, 0.15) is 13.2 Å². The number of allylic oxidation sites excluding steroid dienone is 23. The van der Waals surface area contributed by atoms with Gasteiger partial charge in [0.15, 0.2) is 6.10 Å². The summed E-state index contributed by atoms with van der Waals surface area (Å²) in [4.78, 5) is 38.3. The van der Waals surface area contributed by atoms with Crippen molar-refractivity contribution in [2.75, 3.05) is 13.2 Å². The maximum Gasteiger partial charge on any atom is 0.309 e. The molecule has 6 nitrogen and oxygen atoms in total. The molecule has 0 aromatic rings. The number of carbonyl (C=O) groups excluding carboxylic acids is 3. The Morgan fingerprint density at radius 3 is 0.877 bits per heavy atom. The molecule has 0 bridgehead atoms. The second kappa shape index (κ2) is 67.8. The van der Waals surface area contributed by atoms with E-state index in [0.717, 1.165) is 116 Å². The third-order valence-electron chi connectivity index (χ3n) is 13.8. The molecule has 0 saturated heterocycles. The van der Waals surface area contributed by atoms with Crippen LogP contribution in [0.25, 0.3) is 0 Å². The Morgan fingerprint density at radius 1 is 0.272 bits per heavy atom.